The molecule has 0 saturated carbocycles. The number of pyridine rings is 1. The topological polar surface area (TPSA) is 84.3 Å². The third-order valence-electron chi connectivity index (χ3n) is 3.17. The van der Waals surface area contributed by atoms with E-state index >= 15 is 0 Å². The van der Waals surface area contributed by atoms with Crippen LogP contribution in [-0.2, 0) is 9.84 Å². The summed E-state index contributed by atoms with van der Waals surface area (Å²) in [6.07, 6.45) is 1.14. The lowest BCUT2D eigenvalue weighted by molar-refractivity contribution is 0.0695. The quantitative estimate of drug-likeness (QED) is 0.941. The van der Waals surface area contributed by atoms with E-state index in [-0.39, 0.29) is 10.5 Å². The van der Waals surface area contributed by atoms with Gasteiger partial charge in [0.15, 0.2) is 9.84 Å². The number of aromatic nitrogens is 1. The van der Waals surface area contributed by atoms with E-state index in [1.54, 1.807) is 32.0 Å². The van der Waals surface area contributed by atoms with Crippen molar-refractivity contribution in [2.75, 3.05) is 6.26 Å². The first-order valence-corrected chi connectivity index (χ1v) is 8.11. The molecule has 2 rings (SSSR count). The Morgan fingerprint density at radius 1 is 1.19 bits per heavy atom. The van der Waals surface area contributed by atoms with Crippen LogP contribution in [0.1, 0.15) is 21.6 Å². The van der Waals surface area contributed by atoms with E-state index in [0.717, 1.165) is 6.26 Å². The average molecular weight is 305 g/mol. The SMILES string of the molecule is Cc1cc(-c2cccc(S(C)(=O)=O)c2)nc(C)c1C(=O)O. The van der Waals surface area contributed by atoms with Gasteiger partial charge in [-0.05, 0) is 37.6 Å². The molecule has 0 radical (unpaired) electrons. The highest BCUT2D eigenvalue weighted by atomic mass is 32.2. The highest BCUT2D eigenvalue weighted by Gasteiger charge is 2.15. The number of sulfone groups is 1. The van der Waals surface area contributed by atoms with Gasteiger partial charge < -0.3 is 5.11 Å². The second-order valence-corrected chi connectivity index (χ2v) is 6.91. The molecule has 110 valence electrons. The van der Waals surface area contributed by atoms with Gasteiger partial charge in [0.1, 0.15) is 0 Å². The van der Waals surface area contributed by atoms with Gasteiger partial charge in [0, 0.05) is 11.8 Å². The Balaban J connectivity index is 2.61. The molecule has 21 heavy (non-hydrogen) atoms. The van der Waals surface area contributed by atoms with Gasteiger partial charge in [-0.15, -0.1) is 0 Å². The van der Waals surface area contributed by atoms with Gasteiger partial charge in [-0.3, -0.25) is 4.98 Å². The maximum absolute atomic E-state index is 11.6. The summed E-state index contributed by atoms with van der Waals surface area (Å²) >= 11 is 0. The minimum Gasteiger partial charge on any atom is -0.478 e. The number of hydrogen-bond acceptors (Lipinski definition) is 4. The second kappa shape index (κ2) is 5.29. The Morgan fingerprint density at radius 3 is 2.38 bits per heavy atom. The van der Waals surface area contributed by atoms with E-state index in [2.05, 4.69) is 4.98 Å². The van der Waals surface area contributed by atoms with Crippen LogP contribution in [0.4, 0.5) is 0 Å². The number of carboxylic acid groups (broad SMARTS) is 1. The molecule has 0 fully saturated rings. The van der Waals surface area contributed by atoms with E-state index in [9.17, 15) is 13.2 Å². The van der Waals surface area contributed by atoms with Crippen molar-refractivity contribution in [3.8, 4) is 11.3 Å². The van der Waals surface area contributed by atoms with Crippen molar-refractivity contribution >= 4 is 15.8 Å². The fourth-order valence-corrected chi connectivity index (χ4v) is 2.86. The average Bonchev–Trinajstić information content (AvgIpc) is 2.36. The van der Waals surface area contributed by atoms with Crippen molar-refractivity contribution in [1.29, 1.82) is 0 Å². The zero-order valence-corrected chi connectivity index (χ0v) is 12.7. The standard InChI is InChI=1S/C15H15NO4S/c1-9-7-13(16-10(2)14(9)15(17)18)11-5-4-6-12(8-11)21(3,19)20/h4-8H,1-3H3,(H,17,18). The van der Waals surface area contributed by atoms with Crippen molar-refractivity contribution in [2.24, 2.45) is 0 Å². The van der Waals surface area contributed by atoms with Crippen molar-refractivity contribution in [3.63, 3.8) is 0 Å². The summed E-state index contributed by atoms with van der Waals surface area (Å²) in [6, 6.07) is 8.10. The van der Waals surface area contributed by atoms with Crippen LogP contribution in [-0.4, -0.2) is 30.7 Å². The third kappa shape index (κ3) is 3.11. The summed E-state index contributed by atoms with van der Waals surface area (Å²) in [4.78, 5) is 15.6. The molecule has 0 unspecified atom stereocenters. The zero-order valence-electron chi connectivity index (χ0n) is 11.9. The fourth-order valence-electron chi connectivity index (χ4n) is 2.19. The number of aryl methyl sites for hydroxylation is 2. The van der Waals surface area contributed by atoms with Crippen LogP contribution < -0.4 is 0 Å². The molecule has 0 bridgehead atoms. The van der Waals surface area contributed by atoms with E-state index in [1.807, 2.05) is 0 Å². The molecule has 1 aromatic carbocycles. The normalized spacial score (nSPS) is 11.4. The molecule has 0 amide bonds. The molecule has 1 aromatic heterocycles. The van der Waals surface area contributed by atoms with Crippen LogP contribution in [0.5, 0.6) is 0 Å². The molecule has 0 spiro atoms. The van der Waals surface area contributed by atoms with Gasteiger partial charge in [-0.1, -0.05) is 12.1 Å². The van der Waals surface area contributed by atoms with Gasteiger partial charge >= 0.3 is 5.97 Å². The van der Waals surface area contributed by atoms with Gasteiger partial charge in [-0.2, -0.15) is 0 Å². The lowest BCUT2D eigenvalue weighted by Crippen LogP contribution is -2.06. The number of carbonyl (C=O) groups is 1. The molecular weight excluding hydrogens is 290 g/mol. The number of carboxylic acids is 1. The Labute approximate surface area is 123 Å². The number of hydrogen-bond donors (Lipinski definition) is 1. The third-order valence-corrected chi connectivity index (χ3v) is 4.28. The van der Waals surface area contributed by atoms with Crippen LogP contribution in [0.15, 0.2) is 35.2 Å². The molecule has 5 nitrogen and oxygen atoms in total. The van der Waals surface area contributed by atoms with Crippen LogP contribution >= 0.6 is 0 Å². The minimum atomic E-state index is -3.30. The molecule has 0 aliphatic heterocycles. The number of benzene rings is 1. The van der Waals surface area contributed by atoms with Crippen molar-refractivity contribution < 1.29 is 18.3 Å². The van der Waals surface area contributed by atoms with Crippen molar-refractivity contribution in [1.82, 2.24) is 4.98 Å². The maximum Gasteiger partial charge on any atom is 0.337 e. The van der Waals surface area contributed by atoms with Crippen molar-refractivity contribution in [3.05, 3.63) is 47.2 Å². The van der Waals surface area contributed by atoms with Gasteiger partial charge in [0.25, 0.3) is 0 Å². The summed E-state index contributed by atoms with van der Waals surface area (Å²) in [6.45, 7) is 3.32. The van der Waals surface area contributed by atoms with Crippen LogP contribution in [0, 0.1) is 13.8 Å². The Kier molecular flexibility index (Phi) is 3.82. The lowest BCUT2D eigenvalue weighted by atomic mass is 10.0. The summed E-state index contributed by atoms with van der Waals surface area (Å²) in [5.74, 6) is -1.02. The molecule has 0 saturated heterocycles. The lowest BCUT2D eigenvalue weighted by Gasteiger charge is -2.09. The second-order valence-electron chi connectivity index (χ2n) is 4.89. The zero-order chi connectivity index (χ0) is 15.8. The summed E-state index contributed by atoms with van der Waals surface area (Å²) in [7, 11) is -3.30. The highest BCUT2D eigenvalue weighted by molar-refractivity contribution is 7.90. The molecule has 0 aliphatic rings. The maximum atomic E-state index is 11.6. The Bertz CT molecular complexity index is 802. The molecule has 1 N–H and O–H groups in total. The highest BCUT2D eigenvalue weighted by Crippen LogP contribution is 2.24. The Hall–Kier alpha value is -2.21. The Morgan fingerprint density at radius 2 is 1.86 bits per heavy atom. The summed E-state index contributed by atoms with van der Waals surface area (Å²) in [5.41, 5.74) is 2.37. The van der Waals surface area contributed by atoms with Crippen LogP contribution in [0.25, 0.3) is 11.3 Å². The molecule has 6 heteroatoms. The summed E-state index contributed by atoms with van der Waals surface area (Å²) < 4.78 is 23.2. The first kappa shape index (κ1) is 15.2. The minimum absolute atomic E-state index is 0.179. The van der Waals surface area contributed by atoms with E-state index in [4.69, 9.17) is 5.11 Å². The molecule has 0 atom stereocenters. The van der Waals surface area contributed by atoms with Crippen LogP contribution in [0.3, 0.4) is 0 Å². The number of rotatable bonds is 3. The molecule has 2 aromatic rings. The molecule has 1 heterocycles. The first-order chi connectivity index (χ1) is 9.70. The fraction of sp³-hybridized carbons (Fsp3) is 0.200. The van der Waals surface area contributed by atoms with Gasteiger partial charge in [-0.25, -0.2) is 13.2 Å². The molecular formula is C15H15NO4S. The summed E-state index contributed by atoms with van der Waals surface area (Å²) in [5, 5.41) is 9.14. The first-order valence-electron chi connectivity index (χ1n) is 6.22. The van der Waals surface area contributed by atoms with E-state index in [0.29, 0.717) is 22.5 Å². The smallest absolute Gasteiger partial charge is 0.337 e. The van der Waals surface area contributed by atoms with E-state index < -0.39 is 15.8 Å². The molecule has 0 aliphatic carbocycles. The number of aromatic carboxylic acids is 1. The van der Waals surface area contributed by atoms with E-state index in [1.165, 1.54) is 12.1 Å². The largest absolute Gasteiger partial charge is 0.478 e. The number of nitrogens with zero attached hydrogens (tertiary/aromatic N) is 1. The monoisotopic (exact) mass is 305 g/mol. The predicted molar refractivity (Wildman–Crippen MR) is 79.2 cm³/mol. The van der Waals surface area contributed by atoms with Gasteiger partial charge in [0.05, 0.1) is 21.8 Å². The van der Waals surface area contributed by atoms with Crippen molar-refractivity contribution in [2.45, 2.75) is 18.7 Å². The van der Waals surface area contributed by atoms with Gasteiger partial charge in [0.2, 0.25) is 0 Å². The predicted octanol–water partition coefficient (Wildman–Crippen LogP) is 2.47. The van der Waals surface area contributed by atoms with Crippen LogP contribution in [0.2, 0.25) is 0 Å².